The van der Waals surface area contributed by atoms with Crippen LogP contribution in [0.4, 0.5) is 0 Å². The first-order valence-corrected chi connectivity index (χ1v) is 4.36. The Labute approximate surface area is 69.2 Å². The number of hydrogen-bond donors (Lipinski definition) is 0. The van der Waals surface area contributed by atoms with Gasteiger partial charge in [-0.2, -0.15) is 5.26 Å². The molecule has 0 aliphatic heterocycles. The molecule has 2 nitrogen and oxygen atoms in total. The Morgan fingerprint density at radius 1 is 1.18 bits per heavy atom. The fraction of sp³-hybridized carbons (Fsp3) is 0.889. The normalized spacial score (nSPS) is 9.45. The average molecular weight is 155 g/mol. The summed E-state index contributed by atoms with van der Waals surface area (Å²) in [4.78, 5) is 0. The molecule has 0 aromatic rings. The molecule has 64 valence electrons. The molecular weight excluding hydrogens is 138 g/mol. The molecule has 0 rings (SSSR count). The number of nitriles is 1. The average Bonchev–Trinajstić information content (AvgIpc) is 2.03. The topological polar surface area (TPSA) is 33.0 Å². The van der Waals surface area contributed by atoms with Crippen molar-refractivity contribution in [3.05, 3.63) is 0 Å². The van der Waals surface area contributed by atoms with Gasteiger partial charge in [0.05, 0.1) is 6.07 Å². The molecule has 0 aromatic carbocycles. The third kappa shape index (κ3) is 9.45. The van der Waals surface area contributed by atoms with Crippen LogP contribution in [0.2, 0.25) is 0 Å². The Hall–Kier alpha value is -0.550. The van der Waals surface area contributed by atoms with Crippen molar-refractivity contribution in [3.8, 4) is 6.07 Å². The fourth-order valence-electron chi connectivity index (χ4n) is 0.925. The highest BCUT2D eigenvalue weighted by molar-refractivity contribution is 4.65. The van der Waals surface area contributed by atoms with Crippen LogP contribution < -0.4 is 0 Å². The summed E-state index contributed by atoms with van der Waals surface area (Å²) in [6, 6.07) is 1.95. The number of rotatable bonds is 7. The van der Waals surface area contributed by atoms with Crippen molar-refractivity contribution in [3.63, 3.8) is 0 Å². The SMILES string of the molecule is CCCCCCCOCC#N. The molecule has 0 saturated heterocycles. The van der Waals surface area contributed by atoms with Crippen LogP contribution in [0.15, 0.2) is 0 Å². The smallest absolute Gasteiger partial charge is 0.133 e. The third-order valence-corrected chi connectivity index (χ3v) is 1.56. The highest BCUT2D eigenvalue weighted by Gasteiger charge is 1.88. The summed E-state index contributed by atoms with van der Waals surface area (Å²) < 4.78 is 5.00. The molecule has 0 bridgehead atoms. The van der Waals surface area contributed by atoms with Crippen LogP contribution in [0.3, 0.4) is 0 Å². The molecule has 0 N–H and O–H groups in total. The first-order chi connectivity index (χ1) is 5.41. The maximum atomic E-state index is 8.13. The Kier molecular flexibility index (Phi) is 8.98. The molecule has 0 amide bonds. The van der Waals surface area contributed by atoms with Crippen LogP contribution in [0.25, 0.3) is 0 Å². The van der Waals surface area contributed by atoms with Crippen molar-refractivity contribution in [2.24, 2.45) is 0 Å². The van der Waals surface area contributed by atoms with Crippen LogP contribution in [0, 0.1) is 11.3 Å². The second kappa shape index (κ2) is 9.45. The zero-order valence-electron chi connectivity index (χ0n) is 7.31. The molecule has 0 heterocycles. The van der Waals surface area contributed by atoms with Gasteiger partial charge in [0.25, 0.3) is 0 Å². The predicted molar refractivity (Wildman–Crippen MR) is 45.2 cm³/mol. The van der Waals surface area contributed by atoms with Crippen molar-refractivity contribution in [1.29, 1.82) is 5.26 Å². The van der Waals surface area contributed by atoms with E-state index in [1.54, 1.807) is 0 Å². The Bertz CT molecular complexity index is 107. The van der Waals surface area contributed by atoms with Crippen molar-refractivity contribution in [2.45, 2.75) is 39.0 Å². The van der Waals surface area contributed by atoms with E-state index in [1.807, 2.05) is 6.07 Å². The summed E-state index contributed by atoms with van der Waals surface area (Å²) >= 11 is 0. The molecule has 0 unspecified atom stereocenters. The largest absolute Gasteiger partial charge is 0.367 e. The van der Waals surface area contributed by atoms with Gasteiger partial charge in [-0.1, -0.05) is 32.6 Å². The molecule has 0 aromatic heterocycles. The molecule has 0 spiro atoms. The molecule has 0 atom stereocenters. The Morgan fingerprint density at radius 3 is 2.55 bits per heavy atom. The van der Waals surface area contributed by atoms with Crippen molar-refractivity contribution in [1.82, 2.24) is 0 Å². The highest BCUT2D eigenvalue weighted by Crippen LogP contribution is 2.01. The first-order valence-electron chi connectivity index (χ1n) is 4.36. The van der Waals surface area contributed by atoms with Crippen LogP contribution in [-0.2, 0) is 4.74 Å². The van der Waals surface area contributed by atoms with Crippen LogP contribution in [-0.4, -0.2) is 13.2 Å². The number of unbranched alkanes of at least 4 members (excludes halogenated alkanes) is 4. The first kappa shape index (κ1) is 10.4. The monoisotopic (exact) mass is 155 g/mol. The van der Waals surface area contributed by atoms with Crippen molar-refractivity contribution < 1.29 is 4.74 Å². The van der Waals surface area contributed by atoms with Gasteiger partial charge in [0.2, 0.25) is 0 Å². The van der Waals surface area contributed by atoms with Gasteiger partial charge in [0.1, 0.15) is 6.61 Å². The summed E-state index contributed by atoms with van der Waals surface area (Å²) in [6.07, 6.45) is 6.23. The zero-order chi connectivity index (χ0) is 8.36. The minimum Gasteiger partial charge on any atom is -0.367 e. The predicted octanol–water partition coefficient (Wildman–Crippen LogP) is 2.50. The summed E-state index contributed by atoms with van der Waals surface area (Å²) in [5.74, 6) is 0. The fourth-order valence-corrected chi connectivity index (χ4v) is 0.925. The lowest BCUT2D eigenvalue weighted by molar-refractivity contribution is 0.160. The summed E-state index contributed by atoms with van der Waals surface area (Å²) in [5.41, 5.74) is 0. The van der Waals surface area contributed by atoms with Gasteiger partial charge < -0.3 is 4.74 Å². The van der Waals surface area contributed by atoms with E-state index in [2.05, 4.69) is 6.92 Å². The molecule has 2 heteroatoms. The van der Waals surface area contributed by atoms with E-state index in [9.17, 15) is 0 Å². The maximum absolute atomic E-state index is 8.13. The molecule has 0 radical (unpaired) electrons. The third-order valence-electron chi connectivity index (χ3n) is 1.56. The zero-order valence-corrected chi connectivity index (χ0v) is 7.31. The van der Waals surface area contributed by atoms with Crippen LogP contribution in [0.1, 0.15) is 39.0 Å². The van der Waals surface area contributed by atoms with Crippen LogP contribution in [0.5, 0.6) is 0 Å². The van der Waals surface area contributed by atoms with E-state index in [4.69, 9.17) is 10.00 Å². The molecule has 0 aliphatic carbocycles. The van der Waals surface area contributed by atoms with E-state index in [1.165, 1.54) is 25.7 Å². The lowest BCUT2D eigenvalue weighted by Gasteiger charge is -1.98. The van der Waals surface area contributed by atoms with Gasteiger partial charge in [-0.15, -0.1) is 0 Å². The summed E-state index contributed by atoms with van der Waals surface area (Å²) in [6.45, 7) is 3.19. The second-order valence-corrected chi connectivity index (χ2v) is 2.62. The summed E-state index contributed by atoms with van der Waals surface area (Å²) in [5, 5.41) is 8.13. The highest BCUT2D eigenvalue weighted by atomic mass is 16.5. The quantitative estimate of drug-likeness (QED) is 0.529. The van der Waals surface area contributed by atoms with E-state index >= 15 is 0 Å². The maximum Gasteiger partial charge on any atom is 0.133 e. The number of hydrogen-bond acceptors (Lipinski definition) is 2. The standard InChI is InChI=1S/C9H17NO/c1-2-3-4-5-6-8-11-9-7-10/h2-6,8-9H2,1H3. The van der Waals surface area contributed by atoms with Crippen molar-refractivity contribution >= 4 is 0 Å². The molecular formula is C9H17NO. The Morgan fingerprint density at radius 2 is 1.91 bits per heavy atom. The van der Waals surface area contributed by atoms with Gasteiger partial charge in [-0.25, -0.2) is 0 Å². The van der Waals surface area contributed by atoms with E-state index in [0.717, 1.165) is 13.0 Å². The van der Waals surface area contributed by atoms with Crippen molar-refractivity contribution in [2.75, 3.05) is 13.2 Å². The number of nitrogens with zero attached hydrogens (tertiary/aromatic N) is 1. The second-order valence-electron chi connectivity index (χ2n) is 2.62. The van der Waals surface area contributed by atoms with E-state index in [-0.39, 0.29) is 6.61 Å². The van der Waals surface area contributed by atoms with Crippen LogP contribution >= 0.6 is 0 Å². The Balaban J connectivity index is 2.75. The lowest BCUT2D eigenvalue weighted by Crippen LogP contribution is -1.94. The molecule has 0 saturated carbocycles. The molecule has 0 aliphatic rings. The minimum absolute atomic E-state index is 0.244. The van der Waals surface area contributed by atoms with E-state index in [0.29, 0.717) is 0 Å². The van der Waals surface area contributed by atoms with E-state index < -0.39 is 0 Å². The minimum atomic E-state index is 0.244. The number of ether oxygens (including phenoxy) is 1. The summed E-state index contributed by atoms with van der Waals surface area (Å²) in [7, 11) is 0. The lowest BCUT2D eigenvalue weighted by atomic mass is 10.2. The molecule has 11 heavy (non-hydrogen) atoms. The van der Waals surface area contributed by atoms with Gasteiger partial charge in [0.15, 0.2) is 0 Å². The molecule has 0 fully saturated rings. The van der Waals surface area contributed by atoms with Gasteiger partial charge >= 0.3 is 0 Å². The van der Waals surface area contributed by atoms with Gasteiger partial charge in [-0.05, 0) is 6.42 Å². The van der Waals surface area contributed by atoms with Gasteiger partial charge in [-0.3, -0.25) is 0 Å². The van der Waals surface area contributed by atoms with Gasteiger partial charge in [0, 0.05) is 6.61 Å².